The van der Waals surface area contributed by atoms with Crippen LogP contribution in [0.4, 0.5) is 10.5 Å². The fourth-order valence-electron chi connectivity index (χ4n) is 1.78. The van der Waals surface area contributed by atoms with Gasteiger partial charge in [0.2, 0.25) is 5.91 Å². The van der Waals surface area contributed by atoms with Crippen molar-refractivity contribution in [1.29, 1.82) is 0 Å². The molecule has 24 heavy (non-hydrogen) atoms. The minimum Gasteiger partial charge on any atom is -0.444 e. The Labute approximate surface area is 148 Å². The second kappa shape index (κ2) is 9.98. The molecule has 0 spiro atoms. The summed E-state index contributed by atoms with van der Waals surface area (Å²) in [6, 6.07) is 7.50. The molecule has 0 aromatic heterocycles. The molecule has 2 N–H and O–H groups in total. The zero-order valence-electron chi connectivity index (χ0n) is 14.4. The van der Waals surface area contributed by atoms with Crippen molar-refractivity contribution < 1.29 is 14.3 Å². The highest BCUT2D eigenvalue weighted by Gasteiger charge is 2.15. The average molecular weight is 353 g/mol. The maximum Gasteiger partial charge on any atom is 0.407 e. The maximum absolute atomic E-state index is 11.5. The number of alkyl halides is 1. The van der Waals surface area contributed by atoms with Crippen LogP contribution >= 0.6 is 11.6 Å². The predicted octanol–water partition coefficient (Wildman–Crippen LogP) is 4.18. The molecule has 1 aromatic carbocycles. The second-order valence-corrected chi connectivity index (χ2v) is 6.61. The number of hydrogen-bond acceptors (Lipinski definition) is 3. The highest BCUT2D eigenvalue weighted by molar-refractivity contribution is 6.19. The first-order valence-electron chi connectivity index (χ1n) is 7.89. The van der Waals surface area contributed by atoms with Crippen LogP contribution in [0.15, 0.2) is 30.3 Å². The summed E-state index contributed by atoms with van der Waals surface area (Å²) in [5, 5.41) is 5.47. The standard InChI is InChI=1S/C18H25ClN2O3/c1-18(2,3)24-17(23)20-13-5-4-6-14-7-9-15(10-8-14)21-16(22)11-12-19/h4,6-10H,5,11-13H2,1-3H3,(H,20,23)(H,21,22). The highest BCUT2D eigenvalue weighted by atomic mass is 35.5. The van der Waals surface area contributed by atoms with Crippen LogP contribution in [-0.4, -0.2) is 30.0 Å². The number of nitrogens with one attached hydrogen (secondary N) is 2. The van der Waals surface area contributed by atoms with Gasteiger partial charge < -0.3 is 15.4 Å². The summed E-state index contributed by atoms with van der Waals surface area (Å²) < 4.78 is 5.15. The van der Waals surface area contributed by atoms with Crippen molar-refractivity contribution >= 4 is 35.4 Å². The zero-order valence-corrected chi connectivity index (χ0v) is 15.2. The fourth-order valence-corrected chi connectivity index (χ4v) is 1.95. The lowest BCUT2D eigenvalue weighted by Gasteiger charge is -2.19. The molecule has 6 heteroatoms. The second-order valence-electron chi connectivity index (χ2n) is 6.23. The highest BCUT2D eigenvalue weighted by Crippen LogP contribution is 2.11. The van der Waals surface area contributed by atoms with E-state index in [1.54, 1.807) is 0 Å². The molecule has 1 aromatic rings. The van der Waals surface area contributed by atoms with Crippen molar-refractivity contribution in [3.8, 4) is 0 Å². The molecule has 0 unspecified atom stereocenters. The first-order chi connectivity index (χ1) is 11.3. The quantitative estimate of drug-likeness (QED) is 0.571. The molecule has 2 amide bonds. The third kappa shape index (κ3) is 9.20. The van der Waals surface area contributed by atoms with E-state index in [0.29, 0.717) is 25.3 Å². The Kier molecular flexibility index (Phi) is 8.33. The molecule has 0 aliphatic heterocycles. The van der Waals surface area contributed by atoms with E-state index < -0.39 is 11.7 Å². The molecule has 0 atom stereocenters. The van der Waals surface area contributed by atoms with Crippen LogP contribution in [0.1, 0.15) is 39.2 Å². The van der Waals surface area contributed by atoms with Crippen molar-refractivity contribution in [2.24, 2.45) is 0 Å². The van der Waals surface area contributed by atoms with Gasteiger partial charge in [-0.1, -0.05) is 24.3 Å². The van der Waals surface area contributed by atoms with E-state index in [1.807, 2.05) is 57.2 Å². The number of carbonyl (C=O) groups excluding carboxylic acids is 2. The van der Waals surface area contributed by atoms with E-state index in [0.717, 1.165) is 11.3 Å². The number of anilines is 1. The van der Waals surface area contributed by atoms with Gasteiger partial charge >= 0.3 is 6.09 Å². The first-order valence-corrected chi connectivity index (χ1v) is 8.43. The lowest BCUT2D eigenvalue weighted by Crippen LogP contribution is -2.32. The molecule has 0 aliphatic rings. The lowest BCUT2D eigenvalue weighted by molar-refractivity contribution is -0.115. The largest absolute Gasteiger partial charge is 0.444 e. The Morgan fingerprint density at radius 2 is 1.88 bits per heavy atom. The number of ether oxygens (including phenoxy) is 1. The molecule has 1 rings (SSSR count). The van der Waals surface area contributed by atoms with Crippen LogP contribution in [0.25, 0.3) is 6.08 Å². The Hall–Kier alpha value is -2.01. The van der Waals surface area contributed by atoms with E-state index in [9.17, 15) is 9.59 Å². The van der Waals surface area contributed by atoms with Crippen LogP contribution in [0.2, 0.25) is 0 Å². The van der Waals surface area contributed by atoms with E-state index in [2.05, 4.69) is 10.6 Å². The zero-order chi connectivity index (χ0) is 18.0. The van der Waals surface area contributed by atoms with Gasteiger partial charge in [-0.15, -0.1) is 11.6 Å². The van der Waals surface area contributed by atoms with Crippen molar-refractivity contribution in [3.63, 3.8) is 0 Å². The summed E-state index contributed by atoms with van der Waals surface area (Å²) in [4.78, 5) is 22.9. The normalized spacial score (nSPS) is 11.3. The van der Waals surface area contributed by atoms with Crippen LogP contribution in [0, 0.1) is 0 Å². The Morgan fingerprint density at radius 3 is 2.46 bits per heavy atom. The molecule has 5 nitrogen and oxygen atoms in total. The molecule has 0 fully saturated rings. The number of halogens is 1. The first kappa shape index (κ1) is 20.0. The maximum atomic E-state index is 11.5. The van der Waals surface area contributed by atoms with Crippen molar-refractivity contribution in [2.45, 2.75) is 39.2 Å². The van der Waals surface area contributed by atoms with Crippen molar-refractivity contribution in [2.75, 3.05) is 17.7 Å². The van der Waals surface area contributed by atoms with E-state index in [-0.39, 0.29) is 5.91 Å². The monoisotopic (exact) mass is 352 g/mol. The van der Waals surface area contributed by atoms with Crippen LogP contribution in [-0.2, 0) is 9.53 Å². The number of benzene rings is 1. The van der Waals surface area contributed by atoms with Gasteiger partial charge in [-0.25, -0.2) is 4.79 Å². The van der Waals surface area contributed by atoms with Crippen molar-refractivity contribution in [3.05, 3.63) is 35.9 Å². The summed E-state index contributed by atoms with van der Waals surface area (Å²) in [5.74, 6) is 0.214. The number of alkyl carbamates (subject to hydrolysis) is 1. The average Bonchev–Trinajstić information content (AvgIpc) is 2.47. The molecule has 0 saturated heterocycles. The summed E-state index contributed by atoms with van der Waals surface area (Å²) >= 11 is 5.52. The lowest BCUT2D eigenvalue weighted by atomic mass is 10.2. The van der Waals surface area contributed by atoms with Gasteiger partial charge in [0.05, 0.1) is 0 Å². The minimum atomic E-state index is -0.485. The van der Waals surface area contributed by atoms with E-state index in [1.165, 1.54) is 0 Å². The van der Waals surface area contributed by atoms with Gasteiger partial charge in [-0.2, -0.15) is 0 Å². The van der Waals surface area contributed by atoms with Gasteiger partial charge in [-0.05, 0) is 44.9 Å². The third-order valence-corrected chi connectivity index (χ3v) is 2.99. The van der Waals surface area contributed by atoms with Crippen LogP contribution < -0.4 is 10.6 Å². The summed E-state index contributed by atoms with van der Waals surface area (Å²) in [6.07, 6.45) is 4.52. The Bertz CT molecular complexity index is 563. The third-order valence-electron chi connectivity index (χ3n) is 2.81. The van der Waals surface area contributed by atoms with Gasteiger partial charge in [0, 0.05) is 24.5 Å². The number of hydrogen-bond donors (Lipinski definition) is 2. The van der Waals surface area contributed by atoms with Crippen LogP contribution in [0.3, 0.4) is 0 Å². The molecule has 132 valence electrons. The number of amides is 2. The summed E-state index contributed by atoms with van der Waals surface area (Å²) in [5.41, 5.74) is 1.28. The van der Waals surface area contributed by atoms with Gasteiger partial charge in [0.1, 0.15) is 5.60 Å². The van der Waals surface area contributed by atoms with E-state index >= 15 is 0 Å². The van der Waals surface area contributed by atoms with Crippen molar-refractivity contribution in [1.82, 2.24) is 5.32 Å². The number of rotatable bonds is 7. The van der Waals surface area contributed by atoms with Crippen LogP contribution in [0.5, 0.6) is 0 Å². The molecule has 0 aliphatic carbocycles. The summed E-state index contributed by atoms with van der Waals surface area (Å²) in [7, 11) is 0. The van der Waals surface area contributed by atoms with Gasteiger partial charge in [-0.3, -0.25) is 4.79 Å². The van der Waals surface area contributed by atoms with Gasteiger partial charge in [0.25, 0.3) is 0 Å². The van der Waals surface area contributed by atoms with Gasteiger partial charge in [0.15, 0.2) is 0 Å². The molecular weight excluding hydrogens is 328 g/mol. The predicted molar refractivity (Wildman–Crippen MR) is 98.3 cm³/mol. The SMILES string of the molecule is CC(C)(C)OC(=O)NCCC=Cc1ccc(NC(=O)CCCl)cc1. The number of carbonyl (C=O) groups is 2. The van der Waals surface area contributed by atoms with E-state index in [4.69, 9.17) is 16.3 Å². The topological polar surface area (TPSA) is 67.4 Å². The minimum absolute atomic E-state index is 0.0958. The molecule has 0 heterocycles. The molecule has 0 bridgehead atoms. The molecular formula is C18H25ClN2O3. The fraction of sp³-hybridized carbons (Fsp3) is 0.444. The summed E-state index contributed by atoms with van der Waals surface area (Å²) in [6.45, 7) is 5.99. The Morgan fingerprint density at radius 1 is 1.21 bits per heavy atom. The molecule has 0 saturated carbocycles. The smallest absolute Gasteiger partial charge is 0.407 e. The Balaban J connectivity index is 2.32. The molecule has 0 radical (unpaired) electrons.